The van der Waals surface area contributed by atoms with Gasteiger partial charge in [-0.25, -0.2) is 9.97 Å². The summed E-state index contributed by atoms with van der Waals surface area (Å²) in [6, 6.07) is 8.98. The number of rotatable bonds is 5. The number of aromatic nitrogens is 2. The van der Waals surface area contributed by atoms with Crippen molar-refractivity contribution < 1.29 is 14.3 Å². The van der Waals surface area contributed by atoms with E-state index in [1.807, 2.05) is 19.1 Å². The normalized spacial score (nSPS) is 14.2. The van der Waals surface area contributed by atoms with E-state index < -0.39 is 0 Å². The van der Waals surface area contributed by atoms with E-state index in [0.29, 0.717) is 37.0 Å². The van der Waals surface area contributed by atoms with Crippen molar-refractivity contribution in [3.05, 3.63) is 41.9 Å². The Morgan fingerprint density at radius 2 is 1.96 bits per heavy atom. The molecule has 3 rings (SSSR count). The van der Waals surface area contributed by atoms with Gasteiger partial charge in [-0.1, -0.05) is 0 Å². The third-order valence-electron chi connectivity index (χ3n) is 3.82. The van der Waals surface area contributed by atoms with Crippen LogP contribution in [0.5, 0.6) is 5.75 Å². The number of morpholine rings is 1. The van der Waals surface area contributed by atoms with Crippen molar-refractivity contribution in [2.45, 2.75) is 13.8 Å². The number of carbonyl (C=O) groups excluding carboxylic acids is 1. The predicted molar refractivity (Wildman–Crippen MR) is 95.4 cm³/mol. The fraction of sp³-hybridized carbons (Fsp3) is 0.389. The van der Waals surface area contributed by atoms with Gasteiger partial charge in [0.15, 0.2) is 0 Å². The van der Waals surface area contributed by atoms with Crippen LogP contribution in [0.3, 0.4) is 0 Å². The van der Waals surface area contributed by atoms with E-state index in [1.54, 1.807) is 25.1 Å². The van der Waals surface area contributed by atoms with Crippen molar-refractivity contribution in [1.82, 2.24) is 9.97 Å². The van der Waals surface area contributed by atoms with Crippen molar-refractivity contribution in [3.63, 3.8) is 0 Å². The number of aryl methyl sites for hydroxylation is 1. The van der Waals surface area contributed by atoms with Gasteiger partial charge in [0.2, 0.25) is 0 Å². The van der Waals surface area contributed by atoms with Crippen LogP contribution in [0, 0.1) is 6.92 Å². The number of ether oxygens (including phenoxy) is 2. The quantitative estimate of drug-likeness (QED) is 0.898. The predicted octanol–water partition coefficient (Wildman–Crippen LogP) is 2.27. The molecule has 2 heterocycles. The molecular weight excluding hydrogens is 320 g/mol. The van der Waals surface area contributed by atoms with Gasteiger partial charge in [-0.05, 0) is 38.1 Å². The summed E-state index contributed by atoms with van der Waals surface area (Å²) in [6.45, 7) is 7.17. The summed E-state index contributed by atoms with van der Waals surface area (Å²) in [5, 5.41) is 2.86. The van der Waals surface area contributed by atoms with E-state index in [9.17, 15) is 4.79 Å². The Labute approximate surface area is 147 Å². The van der Waals surface area contributed by atoms with Crippen LogP contribution in [0.25, 0.3) is 0 Å². The molecule has 1 aliphatic heterocycles. The second-order valence-corrected chi connectivity index (χ2v) is 5.67. The van der Waals surface area contributed by atoms with Gasteiger partial charge in [-0.3, -0.25) is 4.79 Å². The van der Waals surface area contributed by atoms with Crippen molar-refractivity contribution in [2.24, 2.45) is 0 Å². The minimum atomic E-state index is -0.260. The number of nitrogens with one attached hydrogen (secondary N) is 1. The number of carbonyl (C=O) groups is 1. The van der Waals surface area contributed by atoms with E-state index in [-0.39, 0.29) is 5.91 Å². The molecule has 1 aliphatic rings. The topological polar surface area (TPSA) is 76.6 Å². The summed E-state index contributed by atoms with van der Waals surface area (Å²) in [5.74, 6) is 1.84. The molecule has 0 unspecified atom stereocenters. The highest BCUT2D eigenvalue weighted by atomic mass is 16.5. The Hall–Kier alpha value is -2.67. The van der Waals surface area contributed by atoms with Crippen molar-refractivity contribution >= 4 is 17.4 Å². The molecule has 1 fully saturated rings. The standard InChI is InChI=1S/C18H22N4O3/c1-3-25-15-6-4-14(5-7-15)21-18(23)16-12-17(20-13(2)19-16)22-8-10-24-11-9-22/h4-7,12H,3,8-11H2,1-2H3,(H,21,23). The van der Waals surface area contributed by atoms with Crippen LogP contribution in [-0.2, 0) is 4.74 Å². The largest absolute Gasteiger partial charge is 0.494 e. The first-order chi connectivity index (χ1) is 12.2. The molecule has 1 saturated heterocycles. The SMILES string of the molecule is CCOc1ccc(NC(=O)c2cc(N3CCOCC3)nc(C)n2)cc1. The van der Waals surface area contributed by atoms with Gasteiger partial charge < -0.3 is 19.7 Å². The molecule has 0 aliphatic carbocycles. The zero-order valence-electron chi connectivity index (χ0n) is 14.5. The smallest absolute Gasteiger partial charge is 0.274 e. The maximum atomic E-state index is 12.5. The summed E-state index contributed by atoms with van der Waals surface area (Å²) in [5.41, 5.74) is 1.04. The molecule has 2 aromatic rings. The molecule has 25 heavy (non-hydrogen) atoms. The minimum Gasteiger partial charge on any atom is -0.494 e. The number of hydrogen-bond acceptors (Lipinski definition) is 6. The van der Waals surface area contributed by atoms with Crippen molar-refractivity contribution in [2.75, 3.05) is 43.1 Å². The van der Waals surface area contributed by atoms with E-state index >= 15 is 0 Å². The molecule has 7 nitrogen and oxygen atoms in total. The summed E-state index contributed by atoms with van der Waals surface area (Å²) in [7, 11) is 0. The molecule has 0 bridgehead atoms. The summed E-state index contributed by atoms with van der Waals surface area (Å²) < 4.78 is 10.8. The number of hydrogen-bond donors (Lipinski definition) is 1. The van der Waals surface area contributed by atoms with E-state index in [4.69, 9.17) is 9.47 Å². The first-order valence-electron chi connectivity index (χ1n) is 8.38. The summed E-state index contributed by atoms with van der Waals surface area (Å²) in [6.07, 6.45) is 0. The lowest BCUT2D eigenvalue weighted by Gasteiger charge is -2.28. The Bertz CT molecular complexity index is 728. The summed E-state index contributed by atoms with van der Waals surface area (Å²) >= 11 is 0. The van der Waals surface area contributed by atoms with Crippen molar-refractivity contribution in [1.29, 1.82) is 0 Å². The lowest BCUT2D eigenvalue weighted by Crippen LogP contribution is -2.37. The van der Waals surface area contributed by atoms with E-state index in [2.05, 4.69) is 20.2 Å². The Morgan fingerprint density at radius 1 is 1.24 bits per heavy atom. The molecular formula is C18H22N4O3. The molecule has 7 heteroatoms. The molecule has 1 aromatic carbocycles. The highest BCUT2D eigenvalue weighted by molar-refractivity contribution is 6.03. The first kappa shape index (κ1) is 17.2. The van der Waals surface area contributed by atoms with Gasteiger partial charge in [0.1, 0.15) is 23.1 Å². The maximum Gasteiger partial charge on any atom is 0.274 e. The lowest BCUT2D eigenvalue weighted by atomic mass is 10.2. The van der Waals surface area contributed by atoms with Gasteiger partial charge >= 0.3 is 0 Å². The number of anilines is 2. The van der Waals surface area contributed by atoms with Crippen LogP contribution in [0.2, 0.25) is 0 Å². The zero-order valence-corrected chi connectivity index (χ0v) is 14.5. The monoisotopic (exact) mass is 342 g/mol. The van der Waals surface area contributed by atoms with Crippen LogP contribution < -0.4 is 15.0 Å². The molecule has 1 amide bonds. The average Bonchev–Trinajstić information content (AvgIpc) is 2.64. The molecule has 1 aromatic heterocycles. The number of amides is 1. The first-order valence-corrected chi connectivity index (χ1v) is 8.38. The van der Waals surface area contributed by atoms with E-state index in [0.717, 1.165) is 24.7 Å². The fourth-order valence-corrected chi connectivity index (χ4v) is 2.62. The second kappa shape index (κ2) is 7.94. The van der Waals surface area contributed by atoms with Crippen LogP contribution in [0.15, 0.2) is 30.3 Å². The van der Waals surface area contributed by atoms with Crippen molar-refractivity contribution in [3.8, 4) is 5.75 Å². The van der Waals surface area contributed by atoms with Gasteiger partial charge in [0, 0.05) is 24.8 Å². The van der Waals surface area contributed by atoms with Gasteiger partial charge in [0.05, 0.1) is 19.8 Å². The van der Waals surface area contributed by atoms with Crippen LogP contribution in [0.4, 0.5) is 11.5 Å². The van der Waals surface area contributed by atoms with Crippen LogP contribution in [-0.4, -0.2) is 48.8 Å². The van der Waals surface area contributed by atoms with Gasteiger partial charge in [0.25, 0.3) is 5.91 Å². The number of benzene rings is 1. The minimum absolute atomic E-state index is 0.260. The molecule has 0 atom stereocenters. The summed E-state index contributed by atoms with van der Waals surface area (Å²) in [4.78, 5) is 23.3. The maximum absolute atomic E-state index is 12.5. The highest BCUT2D eigenvalue weighted by Gasteiger charge is 2.17. The Morgan fingerprint density at radius 3 is 2.64 bits per heavy atom. The van der Waals surface area contributed by atoms with E-state index in [1.165, 1.54) is 0 Å². The second-order valence-electron chi connectivity index (χ2n) is 5.67. The fourth-order valence-electron chi connectivity index (χ4n) is 2.62. The van der Waals surface area contributed by atoms with Gasteiger partial charge in [-0.15, -0.1) is 0 Å². The van der Waals surface area contributed by atoms with Gasteiger partial charge in [-0.2, -0.15) is 0 Å². The molecule has 0 spiro atoms. The third-order valence-corrected chi connectivity index (χ3v) is 3.82. The Kier molecular flexibility index (Phi) is 5.45. The molecule has 0 saturated carbocycles. The molecule has 1 N–H and O–H groups in total. The van der Waals surface area contributed by atoms with Crippen LogP contribution in [0.1, 0.15) is 23.2 Å². The lowest BCUT2D eigenvalue weighted by molar-refractivity contribution is 0.102. The number of nitrogens with zero attached hydrogens (tertiary/aromatic N) is 3. The average molecular weight is 342 g/mol. The Balaban J connectivity index is 1.73. The van der Waals surface area contributed by atoms with Crippen LogP contribution >= 0.6 is 0 Å². The zero-order chi connectivity index (χ0) is 17.6. The molecule has 132 valence electrons. The highest BCUT2D eigenvalue weighted by Crippen LogP contribution is 2.18. The third kappa shape index (κ3) is 4.45. The molecule has 0 radical (unpaired) electrons.